The van der Waals surface area contributed by atoms with Gasteiger partial charge in [0.05, 0.1) is 5.41 Å². The fourth-order valence-corrected chi connectivity index (χ4v) is 3.08. The number of carboxylic acid groups (broad SMARTS) is 1. The molecule has 1 N–H and O–H groups in total. The molecular formula is C18H19ClO3S. The van der Waals surface area contributed by atoms with Crippen LogP contribution in [0.5, 0.6) is 11.5 Å². The highest BCUT2D eigenvalue weighted by molar-refractivity contribution is 7.99. The van der Waals surface area contributed by atoms with E-state index in [-0.39, 0.29) is 0 Å². The second-order valence-corrected chi connectivity index (χ2v) is 7.42. The molecule has 2 rings (SSSR count). The Kier molecular flexibility index (Phi) is 5.97. The van der Waals surface area contributed by atoms with Crippen molar-refractivity contribution >= 4 is 29.3 Å². The summed E-state index contributed by atoms with van der Waals surface area (Å²) in [4.78, 5) is 12.2. The maximum atomic E-state index is 11.1. The Morgan fingerprint density at radius 1 is 1.09 bits per heavy atom. The van der Waals surface area contributed by atoms with Gasteiger partial charge in [-0.15, -0.1) is 11.8 Å². The maximum absolute atomic E-state index is 11.1. The Morgan fingerprint density at radius 3 is 2.13 bits per heavy atom. The molecule has 23 heavy (non-hydrogen) atoms. The summed E-state index contributed by atoms with van der Waals surface area (Å²) in [5.41, 5.74) is -0.690. The molecule has 2 aromatic carbocycles. The zero-order valence-electron chi connectivity index (χ0n) is 13.1. The normalized spacial score (nSPS) is 11.3. The quantitative estimate of drug-likeness (QED) is 0.648. The van der Waals surface area contributed by atoms with Gasteiger partial charge in [0.1, 0.15) is 11.5 Å². The third kappa shape index (κ3) is 5.48. The molecule has 3 nitrogen and oxygen atoms in total. The Hall–Kier alpha value is -1.65. The van der Waals surface area contributed by atoms with Crippen LogP contribution in [0, 0.1) is 5.41 Å². The minimum Gasteiger partial charge on any atom is -0.481 e. The molecule has 5 heteroatoms. The van der Waals surface area contributed by atoms with Crippen LogP contribution in [-0.2, 0) is 4.79 Å². The lowest BCUT2D eigenvalue weighted by Gasteiger charge is -2.18. The zero-order valence-corrected chi connectivity index (χ0v) is 14.7. The van der Waals surface area contributed by atoms with Gasteiger partial charge in [-0.2, -0.15) is 0 Å². The van der Waals surface area contributed by atoms with E-state index >= 15 is 0 Å². The maximum Gasteiger partial charge on any atom is 0.309 e. The smallest absolute Gasteiger partial charge is 0.309 e. The van der Waals surface area contributed by atoms with Crippen molar-refractivity contribution in [3.05, 3.63) is 53.6 Å². The minimum atomic E-state index is -0.759. The number of benzene rings is 2. The van der Waals surface area contributed by atoms with Crippen LogP contribution in [0.1, 0.15) is 20.3 Å². The summed E-state index contributed by atoms with van der Waals surface area (Å²) in [6.45, 7) is 3.50. The molecule has 0 aliphatic heterocycles. The van der Waals surface area contributed by atoms with Crippen molar-refractivity contribution < 1.29 is 14.6 Å². The van der Waals surface area contributed by atoms with Crippen LogP contribution in [0.4, 0.5) is 0 Å². The van der Waals surface area contributed by atoms with Gasteiger partial charge in [0, 0.05) is 9.92 Å². The van der Waals surface area contributed by atoms with Crippen LogP contribution in [0.2, 0.25) is 5.02 Å². The molecule has 0 amide bonds. The molecule has 122 valence electrons. The molecule has 2 aromatic rings. The van der Waals surface area contributed by atoms with Gasteiger partial charge in [0.25, 0.3) is 0 Å². The summed E-state index contributed by atoms with van der Waals surface area (Å²) in [6.07, 6.45) is 0.621. The summed E-state index contributed by atoms with van der Waals surface area (Å²) in [6, 6.07) is 15.0. The number of halogens is 1. The van der Waals surface area contributed by atoms with E-state index < -0.39 is 11.4 Å². The zero-order chi connectivity index (χ0) is 16.9. The van der Waals surface area contributed by atoms with E-state index in [0.29, 0.717) is 11.4 Å². The number of thioether (sulfide) groups is 1. The summed E-state index contributed by atoms with van der Waals surface area (Å²) in [7, 11) is 0. The fourth-order valence-electron chi connectivity index (χ4n) is 1.77. The summed E-state index contributed by atoms with van der Waals surface area (Å²) >= 11 is 7.49. The predicted octanol–water partition coefficient (Wildman–Crippen LogP) is 5.73. The Balaban J connectivity index is 1.87. The second kappa shape index (κ2) is 7.75. The standard InChI is InChI=1S/C18H19ClO3S/c1-18(2,17(20)21)11-12-23-16-9-7-15(8-10-16)22-14-5-3-13(19)4-6-14/h3-10H,11-12H2,1-2H3,(H,20,21). The molecule has 0 atom stereocenters. The van der Waals surface area contributed by atoms with E-state index in [0.717, 1.165) is 22.1 Å². The molecule has 0 saturated carbocycles. The van der Waals surface area contributed by atoms with Crippen molar-refractivity contribution in [3.63, 3.8) is 0 Å². The highest BCUT2D eigenvalue weighted by Gasteiger charge is 2.26. The molecule has 0 unspecified atom stereocenters. The molecule has 0 heterocycles. The first-order valence-electron chi connectivity index (χ1n) is 7.26. The molecule has 0 aromatic heterocycles. The van der Waals surface area contributed by atoms with Gasteiger partial charge in [-0.3, -0.25) is 4.79 Å². The number of carbonyl (C=O) groups is 1. The topological polar surface area (TPSA) is 46.5 Å². The summed E-state index contributed by atoms with van der Waals surface area (Å²) in [5.74, 6) is 1.49. The van der Waals surface area contributed by atoms with Gasteiger partial charge in [0.15, 0.2) is 0 Å². The number of aliphatic carboxylic acids is 1. The number of hydrogen-bond donors (Lipinski definition) is 1. The first-order chi connectivity index (χ1) is 10.9. The van der Waals surface area contributed by atoms with Crippen molar-refractivity contribution in [2.24, 2.45) is 5.41 Å². The van der Waals surface area contributed by atoms with Crippen molar-refractivity contribution in [1.29, 1.82) is 0 Å². The first-order valence-corrected chi connectivity index (χ1v) is 8.63. The lowest BCUT2D eigenvalue weighted by molar-refractivity contribution is -0.146. The summed E-state index contributed by atoms with van der Waals surface area (Å²) < 4.78 is 5.73. The van der Waals surface area contributed by atoms with Crippen LogP contribution < -0.4 is 4.74 Å². The predicted molar refractivity (Wildman–Crippen MR) is 94.7 cm³/mol. The van der Waals surface area contributed by atoms with Crippen molar-refractivity contribution in [2.45, 2.75) is 25.2 Å². The van der Waals surface area contributed by atoms with E-state index in [4.69, 9.17) is 21.4 Å². The van der Waals surface area contributed by atoms with E-state index in [2.05, 4.69) is 0 Å². The SMILES string of the molecule is CC(C)(CCSc1ccc(Oc2ccc(Cl)cc2)cc1)C(=O)O. The van der Waals surface area contributed by atoms with Gasteiger partial charge in [-0.05, 0) is 74.6 Å². The van der Waals surface area contributed by atoms with Crippen LogP contribution in [0.25, 0.3) is 0 Å². The van der Waals surface area contributed by atoms with E-state index in [9.17, 15) is 4.79 Å². The molecule has 0 spiro atoms. The Labute approximate surface area is 145 Å². The molecule has 0 saturated heterocycles. The largest absolute Gasteiger partial charge is 0.481 e. The minimum absolute atomic E-state index is 0.621. The number of rotatable bonds is 7. The van der Waals surface area contributed by atoms with E-state index in [1.165, 1.54) is 0 Å². The van der Waals surface area contributed by atoms with Crippen molar-refractivity contribution in [3.8, 4) is 11.5 Å². The van der Waals surface area contributed by atoms with Gasteiger partial charge in [-0.1, -0.05) is 11.6 Å². The average molecular weight is 351 g/mol. The average Bonchev–Trinajstić information content (AvgIpc) is 2.51. The van der Waals surface area contributed by atoms with Crippen LogP contribution in [0.15, 0.2) is 53.4 Å². The van der Waals surface area contributed by atoms with Gasteiger partial charge in [0.2, 0.25) is 0 Å². The number of carboxylic acids is 1. The highest BCUT2D eigenvalue weighted by Crippen LogP contribution is 2.29. The van der Waals surface area contributed by atoms with Crippen LogP contribution >= 0.6 is 23.4 Å². The summed E-state index contributed by atoms with van der Waals surface area (Å²) in [5, 5.41) is 9.77. The van der Waals surface area contributed by atoms with E-state index in [1.54, 1.807) is 37.7 Å². The molecular weight excluding hydrogens is 332 g/mol. The third-order valence-corrected chi connectivity index (χ3v) is 4.71. The lowest BCUT2D eigenvalue weighted by atomic mass is 9.91. The second-order valence-electron chi connectivity index (χ2n) is 5.81. The molecule has 0 fully saturated rings. The van der Waals surface area contributed by atoms with Crippen molar-refractivity contribution in [1.82, 2.24) is 0 Å². The first kappa shape index (κ1) is 17.7. The molecule has 0 aliphatic rings. The Morgan fingerprint density at radius 2 is 1.61 bits per heavy atom. The third-order valence-electron chi connectivity index (χ3n) is 3.45. The highest BCUT2D eigenvalue weighted by atomic mass is 35.5. The van der Waals surface area contributed by atoms with Crippen LogP contribution in [0.3, 0.4) is 0 Å². The Bertz CT molecular complexity index is 651. The van der Waals surface area contributed by atoms with Crippen molar-refractivity contribution in [2.75, 3.05) is 5.75 Å². The number of ether oxygens (including phenoxy) is 1. The van der Waals surface area contributed by atoms with Crippen LogP contribution in [-0.4, -0.2) is 16.8 Å². The molecule has 0 aliphatic carbocycles. The monoisotopic (exact) mass is 350 g/mol. The van der Waals surface area contributed by atoms with Gasteiger partial charge < -0.3 is 9.84 Å². The van der Waals surface area contributed by atoms with Gasteiger partial charge in [-0.25, -0.2) is 0 Å². The fraction of sp³-hybridized carbons (Fsp3) is 0.278. The van der Waals surface area contributed by atoms with Gasteiger partial charge >= 0.3 is 5.97 Å². The number of hydrogen-bond acceptors (Lipinski definition) is 3. The molecule has 0 radical (unpaired) electrons. The lowest BCUT2D eigenvalue weighted by Crippen LogP contribution is -2.24. The van der Waals surface area contributed by atoms with E-state index in [1.807, 2.05) is 36.4 Å². The molecule has 0 bridgehead atoms.